The van der Waals surface area contributed by atoms with Crippen LogP contribution in [-0.2, 0) is 5.88 Å². The van der Waals surface area contributed by atoms with Gasteiger partial charge in [-0.2, -0.15) is 10.4 Å². The molecule has 0 saturated carbocycles. The van der Waals surface area contributed by atoms with E-state index >= 15 is 0 Å². The standard InChI is InChI=1S/C23H21N7O2S/c1-16(33-15-30-14-25-13-28-30)32-22-9-17(7-8-18(22)10-24)19-11-26-23(27-12-19)29-20-5-3-4-6-21(20)31-2/h3-9,11-14,16H,15H2,1-2H3,(H,26,27,29)/t16-/m1/s1. The molecule has 9 nitrogen and oxygen atoms in total. The average molecular weight is 460 g/mol. The van der Waals surface area contributed by atoms with E-state index in [-0.39, 0.29) is 5.44 Å². The van der Waals surface area contributed by atoms with E-state index < -0.39 is 0 Å². The summed E-state index contributed by atoms with van der Waals surface area (Å²) in [4.78, 5) is 12.8. The van der Waals surface area contributed by atoms with Crippen LogP contribution in [-0.4, -0.2) is 37.3 Å². The molecule has 0 bridgehead atoms. The van der Waals surface area contributed by atoms with Crippen molar-refractivity contribution in [2.24, 2.45) is 0 Å². The Labute approximate surface area is 195 Å². The second-order valence-corrected chi connectivity index (χ2v) is 8.11. The van der Waals surface area contributed by atoms with Crippen LogP contribution in [0.15, 0.2) is 67.5 Å². The number of para-hydroxylation sites is 2. The van der Waals surface area contributed by atoms with Gasteiger partial charge < -0.3 is 14.8 Å². The minimum absolute atomic E-state index is 0.194. The van der Waals surface area contributed by atoms with Crippen molar-refractivity contribution in [3.05, 3.63) is 73.1 Å². The van der Waals surface area contributed by atoms with Crippen LogP contribution in [0.1, 0.15) is 12.5 Å². The van der Waals surface area contributed by atoms with Crippen molar-refractivity contribution in [2.45, 2.75) is 18.2 Å². The number of aromatic nitrogens is 5. The average Bonchev–Trinajstić information content (AvgIpc) is 3.37. The van der Waals surface area contributed by atoms with Gasteiger partial charge in [-0.1, -0.05) is 30.0 Å². The summed E-state index contributed by atoms with van der Waals surface area (Å²) in [5.41, 5.74) is 2.70. The number of methoxy groups -OCH3 is 1. The van der Waals surface area contributed by atoms with Crippen LogP contribution in [0.5, 0.6) is 11.5 Å². The molecule has 2 aromatic heterocycles. The van der Waals surface area contributed by atoms with Crippen molar-refractivity contribution >= 4 is 23.4 Å². The number of nitrogens with one attached hydrogen (secondary N) is 1. The van der Waals surface area contributed by atoms with Crippen molar-refractivity contribution in [3.63, 3.8) is 0 Å². The first-order valence-corrected chi connectivity index (χ1v) is 11.1. The van der Waals surface area contributed by atoms with Crippen LogP contribution >= 0.6 is 11.8 Å². The van der Waals surface area contributed by atoms with Gasteiger partial charge in [0.1, 0.15) is 35.7 Å². The second-order valence-electron chi connectivity index (χ2n) is 6.86. The number of nitrogens with zero attached hydrogens (tertiary/aromatic N) is 6. The zero-order valence-electron chi connectivity index (χ0n) is 18.0. The lowest BCUT2D eigenvalue weighted by Crippen LogP contribution is -2.10. The number of rotatable bonds is 9. The third kappa shape index (κ3) is 5.58. The fourth-order valence-electron chi connectivity index (χ4n) is 3.00. The Morgan fingerprint density at radius 1 is 1.12 bits per heavy atom. The highest BCUT2D eigenvalue weighted by molar-refractivity contribution is 7.98. The van der Waals surface area contributed by atoms with Gasteiger partial charge in [0.25, 0.3) is 0 Å². The molecule has 0 unspecified atom stereocenters. The summed E-state index contributed by atoms with van der Waals surface area (Å²) >= 11 is 1.54. The normalized spacial score (nSPS) is 11.4. The fourth-order valence-corrected chi connectivity index (χ4v) is 3.66. The molecule has 4 rings (SSSR count). The van der Waals surface area contributed by atoms with E-state index in [0.717, 1.165) is 16.8 Å². The monoisotopic (exact) mass is 459 g/mol. The molecule has 33 heavy (non-hydrogen) atoms. The molecule has 0 fully saturated rings. The Balaban J connectivity index is 1.47. The highest BCUT2D eigenvalue weighted by Crippen LogP contribution is 2.30. The molecule has 10 heteroatoms. The summed E-state index contributed by atoms with van der Waals surface area (Å²) in [6.45, 7) is 1.93. The molecule has 2 heterocycles. The van der Waals surface area contributed by atoms with E-state index in [4.69, 9.17) is 9.47 Å². The molecule has 4 aromatic rings. The molecule has 1 atom stereocenters. The summed E-state index contributed by atoms with van der Waals surface area (Å²) in [5, 5.41) is 16.7. The SMILES string of the molecule is COc1ccccc1Nc1ncc(-c2ccc(C#N)c(O[C@@H](C)SCn3cncn3)c2)cn1. The Kier molecular flexibility index (Phi) is 7.02. The lowest BCUT2D eigenvalue weighted by atomic mass is 10.1. The minimum atomic E-state index is -0.194. The van der Waals surface area contributed by atoms with Crippen LogP contribution < -0.4 is 14.8 Å². The van der Waals surface area contributed by atoms with Crippen molar-refractivity contribution in [3.8, 4) is 28.7 Å². The topological polar surface area (TPSA) is 111 Å². The highest BCUT2D eigenvalue weighted by Gasteiger charge is 2.12. The summed E-state index contributed by atoms with van der Waals surface area (Å²) in [6.07, 6.45) is 6.58. The van der Waals surface area contributed by atoms with Crippen LogP contribution in [0, 0.1) is 11.3 Å². The first-order chi connectivity index (χ1) is 16.2. The maximum Gasteiger partial charge on any atom is 0.227 e. The minimum Gasteiger partial charge on any atom is -0.495 e. The molecule has 0 amide bonds. The number of hydrogen-bond donors (Lipinski definition) is 1. The van der Waals surface area contributed by atoms with Gasteiger partial charge in [-0.3, -0.25) is 0 Å². The number of hydrogen-bond acceptors (Lipinski definition) is 9. The molecule has 0 aliphatic heterocycles. The molecule has 0 aliphatic carbocycles. The molecule has 2 aromatic carbocycles. The van der Waals surface area contributed by atoms with Gasteiger partial charge in [0, 0.05) is 18.0 Å². The van der Waals surface area contributed by atoms with E-state index in [1.54, 1.807) is 48.3 Å². The van der Waals surface area contributed by atoms with Crippen LogP contribution in [0.25, 0.3) is 11.1 Å². The quantitative estimate of drug-likeness (QED) is 0.362. The highest BCUT2D eigenvalue weighted by atomic mass is 32.2. The van der Waals surface area contributed by atoms with Crippen molar-refractivity contribution < 1.29 is 9.47 Å². The van der Waals surface area contributed by atoms with E-state index in [9.17, 15) is 5.26 Å². The van der Waals surface area contributed by atoms with Crippen LogP contribution in [0.2, 0.25) is 0 Å². The predicted octanol–water partition coefficient (Wildman–Crippen LogP) is 4.47. The van der Waals surface area contributed by atoms with Gasteiger partial charge in [0.05, 0.1) is 24.2 Å². The molecule has 0 spiro atoms. The maximum atomic E-state index is 9.49. The number of thioether (sulfide) groups is 1. The number of nitriles is 1. The lowest BCUT2D eigenvalue weighted by molar-refractivity contribution is 0.306. The van der Waals surface area contributed by atoms with Gasteiger partial charge in [-0.15, -0.1) is 0 Å². The summed E-state index contributed by atoms with van der Waals surface area (Å²) in [5.74, 6) is 2.25. The van der Waals surface area contributed by atoms with Gasteiger partial charge >= 0.3 is 0 Å². The molecule has 0 aliphatic rings. The molecule has 166 valence electrons. The van der Waals surface area contributed by atoms with Gasteiger partial charge in [-0.25, -0.2) is 19.6 Å². The Morgan fingerprint density at radius 3 is 2.67 bits per heavy atom. The van der Waals surface area contributed by atoms with Crippen molar-refractivity contribution in [1.82, 2.24) is 24.7 Å². The molecule has 1 N–H and O–H groups in total. The Hall–Kier alpha value is -4.10. The van der Waals surface area contributed by atoms with E-state index in [1.165, 1.54) is 6.33 Å². The third-order valence-corrected chi connectivity index (χ3v) is 5.62. The first kappa shape index (κ1) is 22.1. The molecule has 0 saturated heterocycles. The predicted molar refractivity (Wildman–Crippen MR) is 126 cm³/mol. The van der Waals surface area contributed by atoms with Gasteiger partial charge in [-0.05, 0) is 36.8 Å². The van der Waals surface area contributed by atoms with Crippen LogP contribution in [0.3, 0.4) is 0 Å². The first-order valence-electron chi connectivity index (χ1n) is 10.0. The maximum absolute atomic E-state index is 9.49. The van der Waals surface area contributed by atoms with E-state index in [2.05, 4.69) is 31.4 Å². The van der Waals surface area contributed by atoms with Crippen LogP contribution in [0.4, 0.5) is 11.6 Å². The second kappa shape index (κ2) is 10.5. The summed E-state index contributed by atoms with van der Waals surface area (Å²) < 4.78 is 13.1. The van der Waals surface area contributed by atoms with E-state index in [1.807, 2.05) is 43.3 Å². The van der Waals surface area contributed by atoms with Crippen molar-refractivity contribution in [2.75, 3.05) is 12.4 Å². The fraction of sp³-hybridized carbons (Fsp3) is 0.174. The van der Waals surface area contributed by atoms with E-state index in [0.29, 0.717) is 28.9 Å². The molecule has 0 radical (unpaired) electrons. The zero-order chi connectivity index (χ0) is 23.0. The molecular weight excluding hydrogens is 438 g/mol. The summed E-state index contributed by atoms with van der Waals surface area (Å²) in [7, 11) is 1.61. The third-order valence-electron chi connectivity index (χ3n) is 4.64. The Morgan fingerprint density at radius 2 is 1.94 bits per heavy atom. The van der Waals surface area contributed by atoms with Gasteiger partial charge in [0.15, 0.2) is 0 Å². The molecular formula is C23H21N7O2S. The largest absolute Gasteiger partial charge is 0.495 e. The number of ether oxygens (including phenoxy) is 2. The summed E-state index contributed by atoms with van der Waals surface area (Å²) in [6, 6.07) is 15.2. The number of anilines is 2. The lowest BCUT2D eigenvalue weighted by Gasteiger charge is -2.16. The van der Waals surface area contributed by atoms with Crippen molar-refractivity contribution in [1.29, 1.82) is 5.26 Å². The number of benzene rings is 2. The van der Waals surface area contributed by atoms with Gasteiger partial charge in [0.2, 0.25) is 5.95 Å². The zero-order valence-corrected chi connectivity index (χ0v) is 18.9. The smallest absolute Gasteiger partial charge is 0.227 e. The Bertz CT molecular complexity index is 1240.